The minimum Gasteiger partial charge on any atom is -0.493 e. The lowest BCUT2D eigenvalue weighted by Gasteiger charge is -2.28. The van der Waals surface area contributed by atoms with Crippen LogP contribution in [0.3, 0.4) is 0 Å². The van der Waals surface area contributed by atoms with Gasteiger partial charge in [0, 0.05) is 15.7 Å². The number of amides is 3. The first-order valence-electron chi connectivity index (χ1n) is 12.2. The Kier molecular flexibility index (Phi) is 9.23. The molecular formula is C28H27BrN4O7. The molecule has 3 N–H and O–H groups in total. The Bertz CT molecular complexity index is 1480. The van der Waals surface area contributed by atoms with Crippen LogP contribution < -0.4 is 25.5 Å². The Balaban J connectivity index is 1.38. The number of carbonyl (C=O) groups is 3. The average molecular weight is 611 g/mol. The zero-order chi connectivity index (χ0) is 28.6. The number of benzene rings is 2. The number of rotatable bonds is 10. The van der Waals surface area contributed by atoms with Crippen molar-refractivity contribution in [2.45, 2.75) is 19.9 Å². The summed E-state index contributed by atoms with van der Waals surface area (Å²) in [7, 11) is 1.44. The summed E-state index contributed by atoms with van der Waals surface area (Å²) in [5, 5.41) is 9.23. The van der Waals surface area contributed by atoms with Gasteiger partial charge in [0.1, 0.15) is 11.5 Å². The lowest BCUT2D eigenvalue weighted by molar-refractivity contribution is -0.139. The van der Waals surface area contributed by atoms with Gasteiger partial charge in [-0.1, -0.05) is 34.1 Å². The van der Waals surface area contributed by atoms with Crippen molar-refractivity contribution in [2.75, 3.05) is 20.3 Å². The smallest absolute Gasteiger partial charge is 0.338 e. The number of allylic oxidation sites excluding steroid dienone is 1. The van der Waals surface area contributed by atoms with E-state index in [1.54, 1.807) is 38.1 Å². The third-order valence-electron chi connectivity index (χ3n) is 5.76. The van der Waals surface area contributed by atoms with Gasteiger partial charge in [-0.15, -0.1) is 0 Å². The molecule has 0 saturated heterocycles. The molecule has 0 saturated carbocycles. The van der Waals surface area contributed by atoms with E-state index in [1.165, 1.54) is 13.3 Å². The molecule has 0 aliphatic carbocycles. The number of hydrogen-bond donors (Lipinski definition) is 3. The van der Waals surface area contributed by atoms with Crippen LogP contribution in [0.15, 0.2) is 79.9 Å². The summed E-state index contributed by atoms with van der Waals surface area (Å²) >= 11 is 3.43. The van der Waals surface area contributed by atoms with Crippen LogP contribution in [0.4, 0.5) is 4.79 Å². The summed E-state index contributed by atoms with van der Waals surface area (Å²) in [6, 6.07) is 14.9. The van der Waals surface area contributed by atoms with E-state index >= 15 is 0 Å². The summed E-state index contributed by atoms with van der Waals surface area (Å²) in [5.74, 6) is 0.664. The van der Waals surface area contributed by atoms with Gasteiger partial charge in [0.25, 0.3) is 5.91 Å². The number of halogens is 1. The second-order valence-corrected chi connectivity index (χ2v) is 9.41. The summed E-state index contributed by atoms with van der Waals surface area (Å²) in [4.78, 5) is 37.0. The van der Waals surface area contributed by atoms with E-state index in [-0.39, 0.29) is 24.5 Å². The number of hydrazone groups is 1. The topological polar surface area (TPSA) is 140 Å². The molecular weight excluding hydrogens is 584 g/mol. The molecule has 1 atom stereocenters. The number of esters is 1. The van der Waals surface area contributed by atoms with Crippen molar-refractivity contribution in [1.29, 1.82) is 0 Å². The largest absolute Gasteiger partial charge is 0.493 e. The van der Waals surface area contributed by atoms with E-state index < -0.39 is 23.9 Å². The standard InChI is InChI=1S/C28H27BrN4O7/c1-4-38-27(35)25-16(2)31-28(36)32-26(25)18-8-10-22(23(13-18)37-3)39-15-24(34)33-30-14-20-9-11-21(40-20)17-6-5-7-19(29)12-17/h5-14,26H,4,15H2,1-3H3,(H,33,34)(H2,31,32,36)/b30-14+/t26-/m0/s1. The van der Waals surface area contributed by atoms with Crippen molar-refractivity contribution in [2.24, 2.45) is 5.10 Å². The molecule has 3 amide bonds. The third-order valence-corrected chi connectivity index (χ3v) is 6.25. The summed E-state index contributed by atoms with van der Waals surface area (Å²) < 4.78 is 22.9. The first kappa shape index (κ1) is 28.4. The first-order chi connectivity index (χ1) is 19.3. The van der Waals surface area contributed by atoms with E-state index in [2.05, 4.69) is 37.1 Å². The molecule has 1 aromatic heterocycles. The highest BCUT2D eigenvalue weighted by Gasteiger charge is 2.32. The van der Waals surface area contributed by atoms with Gasteiger partial charge in [-0.25, -0.2) is 15.0 Å². The fourth-order valence-corrected chi connectivity index (χ4v) is 4.37. The van der Waals surface area contributed by atoms with E-state index in [0.29, 0.717) is 28.5 Å². The van der Waals surface area contributed by atoms with Gasteiger partial charge in [-0.3, -0.25) is 4.79 Å². The van der Waals surface area contributed by atoms with Crippen molar-refractivity contribution < 1.29 is 33.0 Å². The Hall–Kier alpha value is -4.58. The SMILES string of the molecule is CCOC(=O)C1=C(C)NC(=O)N[C@H]1c1ccc(OCC(=O)N/N=C/c2ccc(-c3cccc(Br)c3)o2)c(OC)c1. The molecule has 0 spiro atoms. The number of urea groups is 1. The van der Waals surface area contributed by atoms with Crippen molar-refractivity contribution in [3.05, 3.63) is 81.7 Å². The van der Waals surface area contributed by atoms with Crippen molar-refractivity contribution >= 4 is 40.1 Å². The molecule has 11 nitrogen and oxygen atoms in total. The van der Waals surface area contributed by atoms with Crippen LogP contribution in [-0.4, -0.2) is 44.4 Å². The molecule has 2 heterocycles. The lowest BCUT2D eigenvalue weighted by Crippen LogP contribution is -2.45. The average Bonchev–Trinajstić information content (AvgIpc) is 3.40. The number of ether oxygens (including phenoxy) is 3. The van der Waals surface area contributed by atoms with Gasteiger partial charge >= 0.3 is 12.0 Å². The summed E-state index contributed by atoms with van der Waals surface area (Å²) in [5.41, 5.74) is 4.52. The minimum absolute atomic E-state index is 0.187. The van der Waals surface area contributed by atoms with Gasteiger partial charge in [-0.05, 0) is 55.8 Å². The number of carbonyl (C=O) groups excluding carboxylic acids is 3. The molecule has 2 aromatic carbocycles. The highest BCUT2D eigenvalue weighted by molar-refractivity contribution is 9.10. The monoisotopic (exact) mass is 610 g/mol. The molecule has 1 aliphatic heterocycles. The Morgan fingerprint density at radius 1 is 1.15 bits per heavy atom. The maximum Gasteiger partial charge on any atom is 0.338 e. The van der Waals surface area contributed by atoms with E-state index in [1.807, 2.05) is 30.3 Å². The van der Waals surface area contributed by atoms with Crippen molar-refractivity contribution in [3.8, 4) is 22.8 Å². The van der Waals surface area contributed by atoms with Gasteiger partial charge in [0.15, 0.2) is 18.1 Å². The maximum atomic E-state index is 12.6. The van der Waals surface area contributed by atoms with Crippen molar-refractivity contribution in [3.63, 3.8) is 0 Å². The van der Waals surface area contributed by atoms with Crippen LogP contribution in [0.25, 0.3) is 11.3 Å². The first-order valence-corrected chi connectivity index (χ1v) is 13.0. The predicted molar refractivity (Wildman–Crippen MR) is 150 cm³/mol. The van der Waals surface area contributed by atoms with Crippen molar-refractivity contribution in [1.82, 2.24) is 16.1 Å². The number of nitrogens with one attached hydrogen (secondary N) is 3. The number of nitrogens with zero attached hydrogens (tertiary/aromatic N) is 1. The van der Waals surface area contributed by atoms with Crippen LogP contribution in [0.2, 0.25) is 0 Å². The lowest BCUT2D eigenvalue weighted by atomic mass is 9.95. The molecule has 208 valence electrons. The molecule has 0 bridgehead atoms. The number of hydrogen-bond acceptors (Lipinski definition) is 8. The Labute approximate surface area is 238 Å². The van der Waals surface area contributed by atoms with Crippen LogP contribution in [0, 0.1) is 0 Å². The maximum absolute atomic E-state index is 12.6. The highest BCUT2D eigenvalue weighted by atomic mass is 79.9. The Morgan fingerprint density at radius 3 is 2.73 bits per heavy atom. The molecule has 3 aromatic rings. The third kappa shape index (κ3) is 6.89. The van der Waals surface area contributed by atoms with E-state index in [4.69, 9.17) is 18.6 Å². The fraction of sp³-hybridized carbons (Fsp3) is 0.214. The summed E-state index contributed by atoms with van der Waals surface area (Å²) in [6.07, 6.45) is 1.39. The highest BCUT2D eigenvalue weighted by Crippen LogP contribution is 2.34. The van der Waals surface area contributed by atoms with Crippen LogP contribution in [0.5, 0.6) is 11.5 Å². The second-order valence-electron chi connectivity index (χ2n) is 8.50. The van der Waals surface area contributed by atoms with Gasteiger partial charge in [0.05, 0.1) is 31.5 Å². The normalized spacial score (nSPS) is 14.9. The van der Waals surface area contributed by atoms with Gasteiger partial charge in [0.2, 0.25) is 0 Å². The van der Waals surface area contributed by atoms with Gasteiger partial charge in [-0.2, -0.15) is 5.10 Å². The molecule has 0 unspecified atom stereocenters. The quantitative estimate of drug-likeness (QED) is 0.175. The summed E-state index contributed by atoms with van der Waals surface area (Å²) in [6.45, 7) is 3.17. The Morgan fingerprint density at radius 2 is 1.98 bits per heavy atom. The van der Waals surface area contributed by atoms with Gasteiger partial charge < -0.3 is 29.3 Å². The molecule has 40 heavy (non-hydrogen) atoms. The number of furan rings is 1. The molecule has 0 fully saturated rings. The minimum atomic E-state index is -0.765. The molecule has 1 aliphatic rings. The van der Waals surface area contributed by atoms with E-state index in [0.717, 1.165) is 10.0 Å². The molecule has 0 radical (unpaired) electrons. The van der Waals surface area contributed by atoms with Crippen LogP contribution >= 0.6 is 15.9 Å². The van der Waals surface area contributed by atoms with Crippen LogP contribution in [0.1, 0.15) is 31.2 Å². The number of methoxy groups -OCH3 is 1. The zero-order valence-electron chi connectivity index (χ0n) is 21.9. The fourth-order valence-electron chi connectivity index (χ4n) is 3.97. The van der Waals surface area contributed by atoms with E-state index in [9.17, 15) is 14.4 Å². The molecule has 12 heteroatoms. The van der Waals surface area contributed by atoms with Crippen LogP contribution in [-0.2, 0) is 14.3 Å². The molecule has 4 rings (SSSR count). The second kappa shape index (κ2) is 13.0. The zero-order valence-corrected chi connectivity index (χ0v) is 23.5. The predicted octanol–water partition coefficient (Wildman–Crippen LogP) is 4.44.